The van der Waals surface area contributed by atoms with Crippen LogP contribution in [0.15, 0.2) is 24.3 Å². The Morgan fingerprint density at radius 2 is 1.84 bits per heavy atom. The molecule has 0 amide bonds. The Bertz CT molecular complexity index is 1360. The van der Waals surface area contributed by atoms with E-state index in [0.29, 0.717) is 6.42 Å². The summed E-state index contributed by atoms with van der Waals surface area (Å²) in [5.41, 5.74) is -2.37. The quantitative estimate of drug-likeness (QED) is 0.404. The fraction of sp³-hybridized carbons (Fsp3) is 0.788. The number of carbonyl (C=O) groups is 1. The van der Waals surface area contributed by atoms with Gasteiger partial charge >= 0.3 is 12.3 Å². The predicted molar refractivity (Wildman–Crippen MR) is 151 cm³/mol. The molecule has 2 saturated heterocycles. The number of carbonyl (C=O) groups excluding carboxylic acids is 1. The van der Waals surface area contributed by atoms with Gasteiger partial charge in [0.1, 0.15) is 24.2 Å². The van der Waals surface area contributed by atoms with Crippen LogP contribution in [0.3, 0.4) is 0 Å². The van der Waals surface area contributed by atoms with Crippen LogP contribution in [-0.4, -0.2) is 100 Å². The molecule has 1 aromatic rings. The van der Waals surface area contributed by atoms with Crippen LogP contribution in [0.2, 0.25) is 0 Å². The van der Waals surface area contributed by atoms with Gasteiger partial charge in [0.2, 0.25) is 0 Å². The number of methoxy groups -OCH3 is 3. The Kier molecular flexibility index (Phi) is 6.61. The number of benzene rings is 1. The van der Waals surface area contributed by atoms with E-state index in [4.69, 9.17) is 28.4 Å². The topological polar surface area (TPSA) is 84.9 Å². The third-order valence-electron chi connectivity index (χ3n) is 13.4. The van der Waals surface area contributed by atoms with Crippen LogP contribution in [0.5, 0.6) is 5.75 Å². The van der Waals surface area contributed by atoms with Crippen molar-refractivity contribution >= 4 is 5.97 Å². The summed E-state index contributed by atoms with van der Waals surface area (Å²) in [6, 6.07) is 4.76. The number of hydrogen-bond donors (Lipinski definition) is 0. The zero-order chi connectivity index (χ0) is 31.7. The largest absolute Gasteiger partial charge is 0.573 e. The molecule has 2 aliphatic heterocycles. The Hall–Kier alpha value is -1.96. The van der Waals surface area contributed by atoms with E-state index >= 15 is 0 Å². The van der Waals surface area contributed by atoms with Gasteiger partial charge in [-0.1, -0.05) is 13.8 Å². The average Bonchev–Trinajstić information content (AvgIpc) is 3.59. The number of halogens is 3. The van der Waals surface area contributed by atoms with Gasteiger partial charge in [-0.15, -0.1) is 13.2 Å². The van der Waals surface area contributed by atoms with Crippen molar-refractivity contribution in [2.75, 3.05) is 41.2 Å². The molecule has 12 heteroatoms. The average molecular weight is 638 g/mol. The number of nitrogens with zero attached hydrogens (tertiary/aromatic N) is 1. The summed E-state index contributed by atoms with van der Waals surface area (Å²) in [6.45, 7) is 6.18. The summed E-state index contributed by atoms with van der Waals surface area (Å²) in [5.74, 6) is -0.786. The van der Waals surface area contributed by atoms with E-state index in [1.54, 1.807) is 21.3 Å². The van der Waals surface area contributed by atoms with E-state index in [1.807, 2.05) is 0 Å². The van der Waals surface area contributed by atoms with E-state index in [2.05, 4.69) is 23.5 Å². The lowest BCUT2D eigenvalue weighted by molar-refractivity contribution is -0.282. The van der Waals surface area contributed by atoms with Crippen molar-refractivity contribution in [3.63, 3.8) is 0 Å². The second-order valence-electron chi connectivity index (χ2n) is 14.6. The maximum Gasteiger partial charge on any atom is 0.573 e. The number of fused-ring (bicyclic) bond motifs is 1. The van der Waals surface area contributed by atoms with Crippen molar-refractivity contribution < 1.29 is 51.1 Å². The summed E-state index contributed by atoms with van der Waals surface area (Å²) < 4.78 is 82.1. The molecule has 9 nitrogen and oxygen atoms in total. The van der Waals surface area contributed by atoms with Gasteiger partial charge in [0, 0.05) is 57.5 Å². The lowest BCUT2D eigenvalue weighted by atomic mass is 9.43. The fourth-order valence-corrected chi connectivity index (χ4v) is 12.5. The van der Waals surface area contributed by atoms with Crippen LogP contribution in [0.1, 0.15) is 49.9 Å². The minimum Gasteiger partial charge on any atom is -0.455 e. The summed E-state index contributed by atoms with van der Waals surface area (Å²) in [4.78, 5) is 16.6. The first-order valence-electron chi connectivity index (χ1n) is 16.1. The Morgan fingerprint density at radius 1 is 1.09 bits per heavy atom. The molecule has 0 N–H and O–H groups in total. The first kappa shape index (κ1) is 30.4. The molecular weight excluding hydrogens is 595 g/mol. The summed E-state index contributed by atoms with van der Waals surface area (Å²) in [7, 11) is 5.31. The molecule has 0 aromatic heterocycles. The molecule has 7 fully saturated rings. The van der Waals surface area contributed by atoms with E-state index < -0.39 is 40.8 Å². The number of ether oxygens (including phenoxy) is 7. The summed E-state index contributed by atoms with van der Waals surface area (Å²) in [6.07, 6.45) is -2.60. The van der Waals surface area contributed by atoms with Gasteiger partial charge in [-0.3, -0.25) is 4.90 Å². The zero-order valence-corrected chi connectivity index (χ0v) is 26.3. The summed E-state index contributed by atoms with van der Waals surface area (Å²) in [5, 5.41) is 0. The monoisotopic (exact) mass is 637 g/mol. The predicted octanol–water partition coefficient (Wildman–Crippen LogP) is 4.43. The van der Waals surface area contributed by atoms with E-state index in [1.165, 1.54) is 12.1 Å². The van der Waals surface area contributed by atoms with Gasteiger partial charge in [-0.05, 0) is 61.4 Å². The Labute approximate surface area is 260 Å². The molecule has 5 saturated carbocycles. The molecule has 7 aliphatic rings. The van der Waals surface area contributed by atoms with Crippen LogP contribution >= 0.6 is 0 Å². The second kappa shape index (κ2) is 9.79. The van der Waals surface area contributed by atoms with Crippen LogP contribution in [0.4, 0.5) is 13.2 Å². The number of piperidine rings is 1. The lowest BCUT2D eigenvalue weighted by Gasteiger charge is -2.69. The maximum atomic E-state index is 14.1. The van der Waals surface area contributed by atoms with Crippen molar-refractivity contribution in [1.29, 1.82) is 0 Å². The van der Waals surface area contributed by atoms with Crippen LogP contribution in [0.25, 0.3) is 0 Å². The molecule has 5 aliphatic carbocycles. The first-order chi connectivity index (χ1) is 21.5. The molecule has 3 spiro atoms. The Morgan fingerprint density at radius 3 is 2.49 bits per heavy atom. The van der Waals surface area contributed by atoms with Gasteiger partial charge in [-0.2, -0.15) is 0 Å². The number of esters is 1. The fourth-order valence-electron chi connectivity index (χ4n) is 12.5. The normalized spacial score (nSPS) is 49.1. The van der Waals surface area contributed by atoms with E-state index in [9.17, 15) is 18.0 Å². The highest BCUT2D eigenvalue weighted by Gasteiger charge is 2.94. The van der Waals surface area contributed by atoms with Gasteiger partial charge in [0.25, 0.3) is 0 Å². The highest BCUT2D eigenvalue weighted by atomic mass is 19.4. The molecule has 0 unspecified atom stereocenters. The minimum atomic E-state index is -4.83. The standard InChI is InChI=1S/C33H42F3NO8/c1-6-37-15-29(2)12-11-22(40-4)31-20-13-19-21(39-3)14-30(23(20)24(19)41-5)32(28(31)37,43-16-42-30)26(25(29)31)44-27(38)17-7-9-18(10-8-17)45-33(34,35)36/h7-10,19-26,28H,6,11-16H2,1-5H3/t19-,20-,21+,22+,23-,24+,25-,26+,28+,29+,30-,31+,32+/m1/s1. The third kappa shape index (κ3) is 3.54. The number of rotatable bonds is 7. The number of alkyl halides is 3. The molecule has 8 rings (SSSR count). The van der Waals surface area contributed by atoms with Gasteiger partial charge in [0.05, 0.1) is 29.9 Å². The molecule has 2 heterocycles. The number of likely N-dealkylation sites (N-methyl/N-ethyl adjacent to an activating group) is 1. The van der Waals surface area contributed by atoms with Gasteiger partial charge < -0.3 is 33.2 Å². The number of likely N-dealkylation sites (tertiary alicyclic amines) is 1. The third-order valence-corrected chi connectivity index (χ3v) is 13.4. The molecule has 1 aromatic carbocycles. The Balaban J connectivity index is 1.31. The van der Waals surface area contributed by atoms with Gasteiger partial charge in [-0.25, -0.2) is 4.79 Å². The SMILES string of the molecule is CCN1C[C@]2(C)CC[C@H](OC)[C@@]34[C@@H]5C[C@H]6[C@H](OC)[C@@H]5[C@@]5(C[C@@H]6OC)OCO[C@@]5([C@@H](OC(=O)c5ccc(OC(F)(F)F)cc5)[C@H]23)[C@@H]14. The van der Waals surface area contributed by atoms with Crippen molar-refractivity contribution in [3.8, 4) is 5.75 Å². The second-order valence-corrected chi connectivity index (χ2v) is 14.6. The number of hydrogen-bond acceptors (Lipinski definition) is 9. The first-order valence-corrected chi connectivity index (χ1v) is 16.1. The van der Waals surface area contributed by atoms with Crippen molar-refractivity contribution in [1.82, 2.24) is 4.90 Å². The van der Waals surface area contributed by atoms with Gasteiger partial charge in [0.15, 0.2) is 5.60 Å². The molecule has 0 radical (unpaired) electrons. The molecule has 7 bridgehead atoms. The van der Waals surface area contributed by atoms with E-state index in [-0.39, 0.29) is 65.8 Å². The van der Waals surface area contributed by atoms with Crippen LogP contribution < -0.4 is 4.74 Å². The maximum absolute atomic E-state index is 14.1. The summed E-state index contributed by atoms with van der Waals surface area (Å²) >= 11 is 0. The van der Waals surface area contributed by atoms with Crippen molar-refractivity contribution in [3.05, 3.63) is 29.8 Å². The molecular formula is C33H42F3NO8. The van der Waals surface area contributed by atoms with Crippen molar-refractivity contribution in [2.45, 2.75) is 87.6 Å². The zero-order valence-electron chi connectivity index (χ0n) is 26.3. The molecule has 13 atom stereocenters. The van der Waals surface area contributed by atoms with Crippen LogP contribution in [0, 0.1) is 34.5 Å². The highest BCUT2D eigenvalue weighted by molar-refractivity contribution is 5.89. The minimum absolute atomic E-state index is 0.0144. The highest BCUT2D eigenvalue weighted by Crippen LogP contribution is 2.82. The van der Waals surface area contributed by atoms with E-state index in [0.717, 1.165) is 44.5 Å². The van der Waals surface area contributed by atoms with Crippen LogP contribution in [-0.2, 0) is 28.4 Å². The lowest BCUT2D eigenvalue weighted by Crippen LogP contribution is -2.81. The van der Waals surface area contributed by atoms with Crippen molar-refractivity contribution in [2.24, 2.45) is 34.5 Å². The molecule has 45 heavy (non-hydrogen) atoms. The smallest absolute Gasteiger partial charge is 0.455 e. The molecule has 248 valence electrons.